The highest BCUT2D eigenvalue weighted by molar-refractivity contribution is 5.76. The molecule has 0 heterocycles. The number of carbonyl (C=O) groups excluding carboxylic acids is 2. The molecule has 64 heavy (non-hydrogen) atoms. The SMILES string of the molecule is CCCCCCCCCCCCCCCC/C=C/C(O)C(CO)NC(=O)CCCCCCCCCCCCCCCCCCOC(=O)CCCCCCCCCCCCCCCCC. The molecule has 380 valence electrons. The van der Waals surface area contributed by atoms with Gasteiger partial charge < -0.3 is 20.3 Å². The van der Waals surface area contributed by atoms with Gasteiger partial charge in [-0.1, -0.05) is 289 Å². The Morgan fingerprint density at radius 2 is 0.719 bits per heavy atom. The van der Waals surface area contributed by atoms with Gasteiger partial charge in [-0.3, -0.25) is 9.59 Å². The van der Waals surface area contributed by atoms with E-state index in [1.807, 2.05) is 6.08 Å². The summed E-state index contributed by atoms with van der Waals surface area (Å²) in [5, 5.41) is 23.1. The molecule has 0 fully saturated rings. The minimum Gasteiger partial charge on any atom is -0.466 e. The van der Waals surface area contributed by atoms with Gasteiger partial charge in [0.25, 0.3) is 0 Å². The van der Waals surface area contributed by atoms with E-state index in [0.717, 1.165) is 44.9 Å². The second-order valence-electron chi connectivity index (χ2n) is 20.0. The van der Waals surface area contributed by atoms with Gasteiger partial charge in [0.2, 0.25) is 5.91 Å². The fraction of sp³-hybridized carbons (Fsp3) is 0.931. The number of aliphatic hydroxyl groups is 2. The van der Waals surface area contributed by atoms with E-state index < -0.39 is 12.1 Å². The molecule has 2 atom stereocenters. The number of carbonyl (C=O) groups is 2. The number of ether oxygens (including phenoxy) is 1. The highest BCUT2D eigenvalue weighted by Gasteiger charge is 2.18. The average Bonchev–Trinajstić information content (AvgIpc) is 3.29. The van der Waals surface area contributed by atoms with Crippen molar-refractivity contribution in [1.82, 2.24) is 5.32 Å². The first-order valence-corrected chi connectivity index (χ1v) is 29.0. The van der Waals surface area contributed by atoms with E-state index >= 15 is 0 Å². The van der Waals surface area contributed by atoms with Crippen molar-refractivity contribution in [1.29, 1.82) is 0 Å². The van der Waals surface area contributed by atoms with Crippen LogP contribution in [0, 0.1) is 0 Å². The van der Waals surface area contributed by atoms with E-state index in [4.69, 9.17) is 4.74 Å². The smallest absolute Gasteiger partial charge is 0.305 e. The average molecular weight is 905 g/mol. The van der Waals surface area contributed by atoms with Crippen LogP contribution in [0.3, 0.4) is 0 Å². The third-order valence-electron chi connectivity index (χ3n) is 13.6. The lowest BCUT2D eigenvalue weighted by Crippen LogP contribution is -2.45. The molecule has 0 saturated heterocycles. The number of amides is 1. The van der Waals surface area contributed by atoms with Gasteiger partial charge >= 0.3 is 5.97 Å². The molecule has 0 saturated carbocycles. The summed E-state index contributed by atoms with van der Waals surface area (Å²) in [5.41, 5.74) is 0. The Morgan fingerprint density at radius 1 is 0.422 bits per heavy atom. The minimum absolute atomic E-state index is 0.00558. The van der Waals surface area contributed by atoms with Crippen molar-refractivity contribution < 1.29 is 24.5 Å². The third-order valence-corrected chi connectivity index (χ3v) is 13.6. The van der Waals surface area contributed by atoms with Crippen LogP contribution in [-0.4, -0.2) is 47.4 Å². The second kappa shape index (κ2) is 54.2. The lowest BCUT2D eigenvalue weighted by molar-refractivity contribution is -0.143. The summed E-state index contributed by atoms with van der Waals surface area (Å²) in [7, 11) is 0. The van der Waals surface area contributed by atoms with Gasteiger partial charge in [0.05, 0.1) is 25.4 Å². The van der Waals surface area contributed by atoms with Crippen molar-refractivity contribution >= 4 is 11.9 Å². The highest BCUT2D eigenvalue weighted by Crippen LogP contribution is 2.17. The zero-order valence-corrected chi connectivity index (χ0v) is 43.3. The number of rotatable bonds is 54. The molecule has 0 aliphatic heterocycles. The third kappa shape index (κ3) is 50.0. The van der Waals surface area contributed by atoms with Crippen molar-refractivity contribution in [3.05, 3.63) is 12.2 Å². The van der Waals surface area contributed by atoms with Crippen molar-refractivity contribution in [2.75, 3.05) is 13.2 Å². The summed E-state index contributed by atoms with van der Waals surface area (Å²) >= 11 is 0. The summed E-state index contributed by atoms with van der Waals surface area (Å²) in [6.45, 7) is 4.91. The Kier molecular flexibility index (Phi) is 53.0. The van der Waals surface area contributed by atoms with Crippen LogP contribution in [-0.2, 0) is 14.3 Å². The predicted octanol–water partition coefficient (Wildman–Crippen LogP) is 17.7. The monoisotopic (exact) mass is 904 g/mol. The zero-order valence-electron chi connectivity index (χ0n) is 43.3. The molecular formula is C58H113NO5. The topological polar surface area (TPSA) is 95.9 Å². The summed E-state index contributed by atoms with van der Waals surface area (Å²) in [4.78, 5) is 24.5. The normalized spacial score (nSPS) is 12.6. The van der Waals surface area contributed by atoms with Crippen molar-refractivity contribution in [3.8, 4) is 0 Å². The van der Waals surface area contributed by atoms with Gasteiger partial charge in [0.15, 0.2) is 0 Å². The fourth-order valence-corrected chi connectivity index (χ4v) is 9.11. The first-order valence-electron chi connectivity index (χ1n) is 29.0. The number of esters is 1. The molecule has 0 aliphatic rings. The van der Waals surface area contributed by atoms with E-state index in [9.17, 15) is 19.8 Å². The maximum absolute atomic E-state index is 12.5. The largest absolute Gasteiger partial charge is 0.466 e. The van der Waals surface area contributed by atoms with Crippen LogP contribution >= 0.6 is 0 Å². The maximum Gasteiger partial charge on any atom is 0.305 e. The van der Waals surface area contributed by atoms with Crippen molar-refractivity contribution in [3.63, 3.8) is 0 Å². The number of nitrogens with one attached hydrogen (secondary N) is 1. The van der Waals surface area contributed by atoms with Crippen LogP contribution in [0.5, 0.6) is 0 Å². The first-order chi connectivity index (χ1) is 31.5. The molecule has 2 unspecified atom stereocenters. The van der Waals surface area contributed by atoms with Crippen LogP contribution < -0.4 is 5.32 Å². The number of aliphatic hydroxyl groups excluding tert-OH is 2. The predicted molar refractivity (Wildman–Crippen MR) is 278 cm³/mol. The van der Waals surface area contributed by atoms with Crippen molar-refractivity contribution in [2.45, 2.75) is 334 Å². The molecule has 0 spiro atoms. The number of unbranched alkanes of at least 4 members (excludes halogenated alkanes) is 43. The van der Waals surface area contributed by atoms with Crippen LogP contribution in [0.15, 0.2) is 12.2 Å². The zero-order chi connectivity index (χ0) is 46.5. The van der Waals surface area contributed by atoms with E-state index in [2.05, 4.69) is 19.2 Å². The van der Waals surface area contributed by atoms with E-state index in [0.29, 0.717) is 19.4 Å². The maximum atomic E-state index is 12.5. The van der Waals surface area contributed by atoms with Gasteiger partial charge in [-0.2, -0.15) is 0 Å². The van der Waals surface area contributed by atoms with E-state index in [1.165, 1.54) is 250 Å². The molecule has 0 aliphatic carbocycles. The fourth-order valence-electron chi connectivity index (χ4n) is 9.11. The molecule has 6 heteroatoms. The van der Waals surface area contributed by atoms with E-state index in [1.54, 1.807) is 6.08 Å². The molecule has 0 bridgehead atoms. The molecule has 0 aromatic carbocycles. The van der Waals surface area contributed by atoms with Gasteiger partial charge in [0.1, 0.15) is 0 Å². The van der Waals surface area contributed by atoms with Gasteiger partial charge in [-0.25, -0.2) is 0 Å². The summed E-state index contributed by atoms with van der Waals surface area (Å²) in [6, 6.07) is -0.632. The molecule has 0 aromatic heterocycles. The lowest BCUT2D eigenvalue weighted by Gasteiger charge is -2.20. The van der Waals surface area contributed by atoms with E-state index in [-0.39, 0.29) is 18.5 Å². The molecule has 0 radical (unpaired) electrons. The van der Waals surface area contributed by atoms with Crippen molar-refractivity contribution in [2.24, 2.45) is 0 Å². The molecular weight excluding hydrogens is 791 g/mol. The Morgan fingerprint density at radius 3 is 1.06 bits per heavy atom. The summed E-state index contributed by atoms with van der Waals surface area (Å²) in [6.07, 6.45) is 63.7. The summed E-state index contributed by atoms with van der Waals surface area (Å²) in [5.74, 6) is -0.0668. The van der Waals surface area contributed by atoms with Gasteiger partial charge in [0, 0.05) is 12.8 Å². The van der Waals surface area contributed by atoms with Crippen LogP contribution in [0.25, 0.3) is 0 Å². The Balaban J connectivity index is 3.43. The Labute approximate surface area is 399 Å². The second-order valence-corrected chi connectivity index (χ2v) is 20.0. The van der Waals surface area contributed by atoms with Crippen LogP contribution in [0.2, 0.25) is 0 Å². The molecule has 0 rings (SSSR count). The highest BCUT2D eigenvalue weighted by atomic mass is 16.5. The summed E-state index contributed by atoms with van der Waals surface area (Å²) < 4.78 is 5.48. The lowest BCUT2D eigenvalue weighted by atomic mass is 10.0. The number of hydrogen-bond donors (Lipinski definition) is 3. The van der Waals surface area contributed by atoms with Gasteiger partial charge in [-0.05, 0) is 32.1 Å². The molecule has 6 nitrogen and oxygen atoms in total. The molecule has 1 amide bonds. The first kappa shape index (κ1) is 62.6. The quantitative estimate of drug-likeness (QED) is 0.0321. The van der Waals surface area contributed by atoms with Gasteiger partial charge in [-0.15, -0.1) is 0 Å². The standard InChI is InChI=1S/C58H113NO5/c1-3-5-7-9-11-13-15-17-19-23-26-30-34-38-42-46-50-56(61)55(54-60)59-57(62)51-47-43-39-35-31-27-24-20-21-25-29-33-37-41-45-49-53-64-58(63)52-48-44-40-36-32-28-22-18-16-14-12-10-8-6-4-2/h46,50,55-56,60-61H,3-45,47-49,51-54H2,1-2H3,(H,59,62)/b50-46+. The molecule has 0 aromatic rings. The minimum atomic E-state index is -0.848. The Hall–Kier alpha value is -1.40. The van der Waals surface area contributed by atoms with Crippen LogP contribution in [0.1, 0.15) is 322 Å². The molecule has 3 N–H and O–H groups in total. The van der Waals surface area contributed by atoms with Crippen LogP contribution in [0.4, 0.5) is 0 Å². The number of hydrogen-bond acceptors (Lipinski definition) is 5. The number of allylic oxidation sites excluding steroid dienone is 1. The Bertz CT molecular complexity index is 955.